The number of carbonyl (C=O) groups is 1. The fraction of sp³-hybridized carbons (Fsp3) is 0.500. The summed E-state index contributed by atoms with van der Waals surface area (Å²) in [4.78, 5) is 11.9. The second-order valence-electron chi connectivity index (χ2n) is 4.58. The summed E-state index contributed by atoms with van der Waals surface area (Å²) in [7, 11) is -1.82. The average molecular weight is 314 g/mol. The van der Waals surface area contributed by atoms with Crippen molar-refractivity contribution < 1.29 is 17.9 Å². The van der Waals surface area contributed by atoms with Gasteiger partial charge in [0.1, 0.15) is 0 Å². The third-order valence-electron chi connectivity index (χ3n) is 2.95. The zero-order chi connectivity index (χ0) is 15.9. The number of benzene rings is 1. The van der Waals surface area contributed by atoms with Gasteiger partial charge < -0.3 is 10.1 Å². The van der Waals surface area contributed by atoms with Crippen molar-refractivity contribution in [3.8, 4) is 0 Å². The van der Waals surface area contributed by atoms with Gasteiger partial charge in [0.15, 0.2) is 0 Å². The summed E-state index contributed by atoms with van der Waals surface area (Å²) >= 11 is 0. The van der Waals surface area contributed by atoms with Crippen LogP contribution in [0.1, 0.15) is 23.7 Å². The van der Waals surface area contributed by atoms with Crippen LogP contribution in [0.2, 0.25) is 0 Å². The van der Waals surface area contributed by atoms with Crippen LogP contribution in [0.25, 0.3) is 0 Å². The van der Waals surface area contributed by atoms with Gasteiger partial charge in [-0.05, 0) is 37.6 Å². The van der Waals surface area contributed by atoms with Gasteiger partial charge in [-0.1, -0.05) is 0 Å². The van der Waals surface area contributed by atoms with E-state index in [9.17, 15) is 13.2 Å². The van der Waals surface area contributed by atoms with Crippen molar-refractivity contribution in [3.63, 3.8) is 0 Å². The normalized spacial score (nSPS) is 11.2. The van der Waals surface area contributed by atoms with E-state index in [1.165, 1.54) is 7.05 Å². The lowest BCUT2D eigenvalue weighted by Crippen LogP contribution is -2.26. The van der Waals surface area contributed by atoms with Crippen LogP contribution in [-0.2, 0) is 14.8 Å². The first-order valence-corrected chi connectivity index (χ1v) is 8.61. The molecule has 0 aliphatic rings. The van der Waals surface area contributed by atoms with Crippen molar-refractivity contribution in [2.45, 2.75) is 13.3 Å². The second kappa shape index (κ2) is 7.99. The largest absolute Gasteiger partial charge is 0.382 e. The number of hydrogen-bond donors (Lipinski definition) is 1. The van der Waals surface area contributed by atoms with Gasteiger partial charge in [0.25, 0.3) is 5.91 Å². The zero-order valence-electron chi connectivity index (χ0n) is 12.6. The molecule has 21 heavy (non-hydrogen) atoms. The maximum atomic E-state index is 11.9. The Balaban J connectivity index is 2.56. The Bertz CT molecular complexity index is 555. The number of hydrogen-bond acceptors (Lipinski definition) is 4. The van der Waals surface area contributed by atoms with Crippen molar-refractivity contribution in [1.29, 1.82) is 0 Å². The molecule has 1 N–H and O–H groups in total. The van der Waals surface area contributed by atoms with Crippen LogP contribution in [0.5, 0.6) is 0 Å². The molecule has 1 amide bonds. The van der Waals surface area contributed by atoms with Crippen molar-refractivity contribution in [3.05, 3.63) is 29.8 Å². The zero-order valence-corrected chi connectivity index (χ0v) is 13.4. The van der Waals surface area contributed by atoms with Crippen LogP contribution < -0.4 is 9.62 Å². The third kappa shape index (κ3) is 5.73. The molecule has 0 bridgehead atoms. The first-order chi connectivity index (χ1) is 9.86. The minimum Gasteiger partial charge on any atom is -0.382 e. The maximum Gasteiger partial charge on any atom is 0.251 e. The van der Waals surface area contributed by atoms with Crippen LogP contribution >= 0.6 is 0 Å². The third-order valence-corrected chi connectivity index (χ3v) is 4.15. The number of amides is 1. The number of ether oxygens (including phenoxy) is 1. The summed E-state index contributed by atoms with van der Waals surface area (Å²) < 4.78 is 29.2. The van der Waals surface area contributed by atoms with Gasteiger partial charge in [0, 0.05) is 32.4 Å². The Hall–Kier alpha value is -1.60. The lowest BCUT2D eigenvalue weighted by Gasteiger charge is -2.16. The highest BCUT2D eigenvalue weighted by molar-refractivity contribution is 7.92. The smallest absolute Gasteiger partial charge is 0.251 e. The SMILES string of the molecule is CCOCCCNC(=O)c1ccc(N(C)S(C)(=O)=O)cc1. The molecule has 0 radical (unpaired) electrons. The van der Waals surface area contributed by atoms with E-state index in [0.717, 1.165) is 17.0 Å². The van der Waals surface area contributed by atoms with Crippen LogP contribution in [0.3, 0.4) is 0 Å². The first-order valence-electron chi connectivity index (χ1n) is 6.76. The molecule has 0 heterocycles. The van der Waals surface area contributed by atoms with Crippen LogP contribution in [0.4, 0.5) is 5.69 Å². The van der Waals surface area contributed by atoms with E-state index >= 15 is 0 Å². The molecule has 0 aliphatic heterocycles. The van der Waals surface area contributed by atoms with E-state index < -0.39 is 10.0 Å². The molecule has 1 aromatic carbocycles. The molecule has 0 saturated heterocycles. The Morgan fingerprint density at radius 1 is 1.29 bits per heavy atom. The maximum absolute atomic E-state index is 11.9. The fourth-order valence-corrected chi connectivity index (χ4v) is 2.14. The van der Waals surface area contributed by atoms with E-state index in [2.05, 4.69) is 5.32 Å². The number of anilines is 1. The predicted octanol–water partition coefficient (Wildman–Crippen LogP) is 1.24. The summed E-state index contributed by atoms with van der Waals surface area (Å²) in [5.41, 5.74) is 1.02. The standard InChI is InChI=1S/C14H22N2O4S/c1-4-20-11-5-10-15-14(17)12-6-8-13(9-7-12)16(2)21(3,18)19/h6-9H,4-5,10-11H2,1-3H3,(H,15,17). The molecular formula is C14H22N2O4S. The highest BCUT2D eigenvalue weighted by Crippen LogP contribution is 2.16. The van der Waals surface area contributed by atoms with Crippen molar-refractivity contribution in [2.75, 3.05) is 37.4 Å². The highest BCUT2D eigenvalue weighted by Gasteiger charge is 2.12. The van der Waals surface area contributed by atoms with Gasteiger partial charge in [-0.25, -0.2) is 8.42 Å². The van der Waals surface area contributed by atoms with Gasteiger partial charge in [-0.3, -0.25) is 9.10 Å². The van der Waals surface area contributed by atoms with E-state index in [-0.39, 0.29) is 5.91 Å². The predicted molar refractivity (Wildman–Crippen MR) is 83.1 cm³/mol. The molecule has 1 rings (SSSR count). The van der Waals surface area contributed by atoms with Crippen LogP contribution in [-0.4, -0.2) is 47.4 Å². The van der Waals surface area contributed by atoms with Gasteiger partial charge in [-0.2, -0.15) is 0 Å². The number of rotatable bonds is 8. The molecule has 0 unspecified atom stereocenters. The van der Waals surface area contributed by atoms with Gasteiger partial charge in [-0.15, -0.1) is 0 Å². The molecule has 7 heteroatoms. The molecule has 0 spiro atoms. The molecule has 6 nitrogen and oxygen atoms in total. The lowest BCUT2D eigenvalue weighted by molar-refractivity contribution is 0.0944. The van der Waals surface area contributed by atoms with E-state index in [4.69, 9.17) is 4.74 Å². The molecule has 0 atom stereocenters. The fourth-order valence-electron chi connectivity index (χ4n) is 1.64. The molecule has 0 saturated carbocycles. The Morgan fingerprint density at radius 2 is 1.90 bits per heavy atom. The first kappa shape index (κ1) is 17.5. The molecule has 0 aromatic heterocycles. The number of nitrogens with zero attached hydrogens (tertiary/aromatic N) is 1. The quantitative estimate of drug-likeness (QED) is 0.733. The average Bonchev–Trinajstić information content (AvgIpc) is 2.45. The number of nitrogens with one attached hydrogen (secondary N) is 1. The lowest BCUT2D eigenvalue weighted by atomic mass is 10.2. The minimum absolute atomic E-state index is 0.181. The molecular weight excluding hydrogens is 292 g/mol. The van der Waals surface area contributed by atoms with Crippen LogP contribution in [0, 0.1) is 0 Å². The minimum atomic E-state index is -3.29. The van der Waals surface area contributed by atoms with Gasteiger partial charge >= 0.3 is 0 Å². The van der Waals surface area contributed by atoms with Crippen LogP contribution in [0.15, 0.2) is 24.3 Å². The van der Waals surface area contributed by atoms with E-state index in [1.807, 2.05) is 6.92 Å². The molecule has 1 aromatic rings. The van der Waals surface area contributed by atoms with E-state index in [0.29, 0.717) is 31.0 Å². The highest BCUT2D eigenvalue weighted by atomic mass is 32.2. The van der Waals surface area contributed by atoms with Crippen molar-refractivity contribution in [2.24, 2.45) is 0 Å². The van der Waals surface area contributed by atoms with Gasteiger partial charge in [0.05, 0.1) is 11.9 Å². The topological polar surface area (TPSA) is 75.7 Å². The van der Waals surface area contributed by atoms with Crippen molar-refractivity contribution >= 4 is 21.6 Å². The molecule has 118 valence electrons. The summed E-state index contributed by atoms with van der Waals surface area (Å²) in [6.45, 7) is 3.76. The number of carbonyl (C=O) groups excluding carboxylic acids is 1. The van der Waals surface area contributed by atoms with Gasteiger partial charge in [0.2, 0.25) is 10.0 Å². The second-order valence-corrected chi connectivity index (χ2v) is 6.60. The monoisotopic (exact) mass is 314 g/mol. The van der Waals surface area contributed by atoms with Crippen molar-refractivity contribution in [1.82, 2.24) is 5.32 Å². The summed E-state index contributed by atoms with van der Waals surface area (Å²) in [6, 6.07) is 6.43. The summed E-state index contributed by atoms with van der Waals surface area (Å²) in [6.07, 6.45) is 1.89. The summed E-state index contributed by atoms with van der Waals surface area (Å²) in [5.74, 6) is -0.181. The Kier molecular flexibility index (Phi) is 6.64. The molecule has 0 fully saturated rings. The number of sulfonamides is 1. The molecule has 0 aliphatic carbocycles. The summed E-state index contributed by atoms with van der Waals surface area (Å²) in [5, 5.41) is 2.79. The Morgan fingerprint density at radius 3 is 2.43 bits per heavy atom. The Labute approximate surface area is 126 Å². The van der Waals surface area contributed by atoms with E-state index in [1.54, 1.807) is 24.3 Å².